The molecule has 3 aromatic rings. The molecule has 0 spiro atoms. The Labute approximate surface area is 203 Å². The number of aromatic amines is 1. The van der Waals surface area contributed by atoms with Gasteiger partial charge in [-0.3, -0.25) is 19.3 Å². The standard InChI is InChI=1S/C25H19ClN2O3S2/c26-12-6-8-13(9-7-12)28-23(29)18-14-10-15(19(18)24(28)30)20-17(14)16(11-4-2-1-3-5-11)21-22(32-20)27-25(31)33-21/h1-9,14-20H,10H2,(H,27,31)/t14-,15-,16+,17-,18+,19-,20+/m1/s1. The van der Waals surface area contributed by atoms with Crippen molar-refractivity contribution in [2.24, 2.45) is 29.6 Å². The highest BCUT2D eigenvalue weighted by Crippen LogP contribution is 2.68. The normalized spacial score (nSPS) is 33.8. The van der Waals surface area contributed by atoms with Crippen molar-refractivity contribution in [2.75, 3.05) is 4.90 Å². The molecular weight excluding hydrogens is 476 g/mol. The topological polar surface area (TPSA) is 70.2 Å². The van der Waals surface area contributed by atoms with E-state index in [1.54, 1.807) is 36.0 Å². The Kier molecular flexibility index (Phi) is 4.30. The highest BCUT2D eigenvalue weighted by Gasteiger charge is 2.69. The van der Waals surface area contributed by atoms with Crippen LogP contribution in [-0.2, 0) is 9.59 Å². The SMILES string of the molecule is O=C1[C@@H]2[C@H]3C[C@@H]([C@@H]2C(=O)N1c1ccc(Cl)cc1)[C@@H]1[C@H](c2ccccc2)c2sc(=O)[nH]c2S[C@@H]31. The van der Waals surface area contributed by atoms with Gasteiger partial charge in [0, 0.05) is 21.1 Å². The number of nitrogens with zero attached hydrogens (tertiary/aromatic N) is 1. The number of thioether (sulfide) groups is 1. The Balaban J connectivity index is 1.33. The van der Waals surface area contributed by atoms with Crippen molar-refractivity contribution in [1.82, 2.24) is 4.98 Å². The van der Waals surface area contributed by atoms with Crippen LogP contribution >= 0.6 is 34.7 Å². The number of hydrogen-bond donors (Lipinski definition) is 1. The van der Waals surface area contributed by atoms with Gasteiger partial charge < -0.3 is 4.98 Å². The van der Waals surface area contributed by atoms with Gasteiger partial charge in [0.05, 0.1) is 22.5 Å². The molecule has 1 N–H and O–H groups in total. The summed E-state index contributed by atoms with van der Waals surface area (Å²) in [7, 11) is 0. The van der Waals surface area contributed by atoms with E-state index < -0.39 is 0 Å². The van der Waals surface area contributed by atoms with E-state index >= 15 is 0 Å². The molecule has 2 bridgehead atoms. The van der Waals surface area contributed by atoms with Gasteiger partial charge in [-0.25, -0.2) is 0 Å². The predicted octanol–water partition coefficient (Wildman–Crippen LogP) is 4.77. The van der Waals surface area contributed by atoms with Crippen LogP contribution in [0.3, 0.4) is 0 Å². The quantitative estimate of drug-likeness (QED) is 0.521. The summed E-state index contributed by atoms with van der Waals surface area (Å²) in [5.74, 6) is -0.181. The lowest BCUT2D eigenvalue weighted by Gasteiger charge is -2.43. The van der Waals surface area contributed by atoms with Crippen LogP contribution in [0.2, 0.25) is 5.02 Å². The molecule has 3 fully saturated rings. The summed E-state index contributed by atoms with van der Waals surface area (Å²) in [6.45, 7) is 0. The number of rotatable bonds is 2. The molecule has 2 aliphatic heterocycles. The smallest absolute Gasteiger partial charge is 0.305 e. The summed E-state index contributed by atoms with van der Waals surface area (Å²) in [6.07, 6.45) is 0.895. The van der Waals surface area contributed by atoms with E-state index in [1.165, 1.54) is 21.8 Å². The third-order valence-corrected chi connectivity index (χ3v) is 10.8. The van der Waals surface area contributed by atoms with E-state index in [9.17, 15) is 14.4 Å². The van der Waals surface area contributed by atoms with E-state index in [4.69, 9.17) is 11.6 Å². The van der Waals surface area contributed by atoms with E-state index in [2.05, 4.69) is 17.1 Å². The first-order valence-corrected chi connectivity index (χ1v) is 13.2. The van der Waals surface area contributed by atoms with E-state index in [1.807, 2.05) is 18.2 Å². The number of carbonyl (C=O) groups is 2. The van der Waals surface area contributed by atoms with Crippen molar-refractivity contribution >= 4 is 52.2 Å². The molecule has 2 amide bonds. The van der Waals surface area contributed by atoms with Crippen molar-refractivity contribution in [3.8, 4) is 0 Å². The monoisotopic (exact) mass is 494 g/mol. The Hall–Kier alpha value is -2.35. The molecule has 7 rings (SSSR count). The van der Waals surface area contributed by atoms with Crippen LogP contribution in [0.25, 0.3) is 0 Å². The van der Waals surface area contributed by atoms with Crippen LogP contribution in [-0.4, -0.2) is 22.0 Å². The fourth-order valence-electron chi connectivity index (χ4n) is 6.90. The minimum absolute atomic E-state index is 0.0398. The molecule has 166 valence electrons. The third-order valence-electron chi connectivity index (χ3n) is 7.97. The molecule has 1 saturated heterocycles. The second kappa shape index (κ2) is 7.08. The van der Waals surface area contributed by atoms with E-state index in [-0.39, 0.29) is 57.4 Å². The van der Waals surface area contributed by atoms with Gasteiger partial charge in [-0.15, -0.1) is 11.8 Å². The molecule has 4 aliphatic rings. The average molecular weight is 495 g/mol. The Bertz CT molecular complexity index is 1350. The van der Waals surface area contributed by atoms with Crippen molar-refractivity contribution in [1.29, 1.82) is 0 Å². The van der Waals surface area contributed by atoms with Gasteiger partial charge in [0.15, 0.2) is 0 Å². The first kappa shape index (κ1) is 20.1. The van der Waals surface area contributed by atoms with Gasteiger partial charge in [-0.05, 0) is 54.0 Å². The largest absolute Gasteiger partial charge is 0.307 e. The number of aromatic nitrogens is 1. The number of imide groups is 1. The first-order chi connectivity index (χ1) is 16.0. The number of amides is 2. The molecule has 8 heteroatoms. The van der Waals surface area contributed by atoms with Crippen molar-refractivity contribution in [3.63, 3.8) is 0 Å². The van der Waals surface area contributed by atoms with Crippen molar-refractivity contribution in [2.45, 2.75) is 22.6 Å². The molecule has 7 atom stereocenters. The van der Waals surface area contributed by atoms with Gasteiger partial charge >= 0.3 is 4.87 Å². The number of halogens is 1. The van der Waals surface area contributed by atoms with E-state index in [0.717, 1.165) is 16.3 Å². The number of H-pyrrole nitrogens is 1. The molecule has 3 heterocycles. The second-order valence-corrected chi connectivity index (χ2v) is 12.0. The van der Waals surface area contributed by atoms with Gasteiger partial charge in [-0.2, -0.15) is 0 Å². The number of carbonyl (C=O) groups excluding carboxylic acids is 2. The zero-order valence-corrected chi connectivity index (χ0v) is 19.7. The Morgan fingerprint density at radius 3 is 2.33 bits per heavy atom. The van der Waals surface area contributed by atoms with Crippen LogP contribution in [0.15, 0.2) is 64.4 Å². The van der Waals surface area contributed by atoms with E-state index in [0.29, 0.717) is 10.7 Å². The van der Waals surface area contributed by atoms with Gasteiger partial charge in [-0.1, -0.05) is 53.3 Å². The molecule has 2 aromatic carbocycles. The highest BCUT2D eigenvalue weighted by atomic mass is 35.5. The molecule has 1 aromatic heterocycles. The summed E-state index contributed by atoms with van der Waals surface area (Å²) in [4.78, 5) is 45.0. The summed E-state index contributed by atoms with van der Waals surface area (Å²) in [6, 6.07) is 17.2. The second-order valence-electron chi connectivity index (χ2n) is 9.36. The van der Waals surface area contributed by atoms with Crippen LogP contribution in [0.5, 0.6) is 0 Å². The summed E-state index contributed by atoms with van der Waals surface area (Å²) < 4.78 is 0. The van der Waals surface area contributed by atoms with Gasteiger partial charge in [0.1, 0.15) is 0 Å². The number of hydrogen-bond acceptors (Lipinski definition) is 5. The molecule has 2 saturated carbocycles. The zero-order valence-electron chi connectivity index (χ0n) is 17.3. The lowest BCUT2D eigenvalue weighted by atomic mass is 9.68. The lowest BCUT2D eigenvalue weighted by molar-refractivity contribution is -0.123. The number of anilines is 1. The fraction of sp³-hybridized carbons (Fsp3) is 0.320. The van der Waals surface area contributed by atoms with Gasteiger partial charge in [0.25, 0.3) is 0 Å². The number of thiazole rings is 1. The number of benzene rings is 2. The van der Waals surface area contributed by atoms with Gasteiger partial charge in [0.2, 0.25) is 11.8 Å². The minimum Gasteiger partial charge on any atom is -0.307 e. The van der Waals surface area contributed by atoms with Crippen molar-refractivity contribution in [3.05, 3.63) is 79.7 Å². The lowest BCUT2D eigenvalue weighted by Crippen LogP contribution is -2.42. The summed E-state index contributed by atoms with van der Waals surface area (Å²) in [5, 5.41) is 1.73. The molecule has 0 unspecified atom stereocenters. The Morgan fingerprint density at radius 1 is 0.909 bits per heavy atom. The predicted molar refractivity (Wildman–Crippen MR) is 129 cm³/mol. The fourth-order valence-corrected chi connectivity index (χ4v) is 9.91. The van der Waals surface area contributed by atoms with Crippen LogP contribution < -0.4 is 9.77 Å². The maximum atomic E-state index is 13.7. The van der Waals surface area contributed by atoms with Crippen molar-refractivity contribution < 1.29 is 9.59 Å². The average Bonchev–Trinajstić information content (AvgIpc) is 3.54. The number of fused-ring (bicyclic) bond motifs is 9. The number of nitrogens with one attached hydrogen (secondary N) is 1. The van der Waals surface area contributed by atoms with Crippen LogP contribution in [0.1, 0.15) is 22.8 Å². The maximum Gasteiger partial charge on any atom is 0.305 e. The summed E-state index contributed by atoms with van der Waals surface area (Å²) >= 11 is 9.03. The molecule has 5 nitrogen and oxygen atoms in total. The molecule has 0 radical (unpaired) electrons. The highest BCUT2D eigenvalue weighted by molar-refractivity contribution is 8.00. The minimum atomic E-state index is -0.288. The third kappa shape index (κ3) is 2.70. The van der Waals surface area contributed by atoms with Crippen LogP contribution in [0.4, 0.5) is 5.69 Å². The zero-order chi connectivity index (χ0) is 22.4. The maximum absolute atomic E-state index is 13.7. The Morgan fingerprint density at radius 2 is 1.61 bits per heavy atom. The molecule has 33 heavy (non-hydrogen) atoms. The summed E-state index contributed by atoms with van der Waals surface area (Å²) in [5.41, 5.74) is 1.78. The van der Waals surface area contributed by atoms with Crippen LogP contribution in [0, 0.1) is 29.6 Å². The molecule has 2 aliphatic carbocycles. The first-order valence-electron chi connectivity index (χ1n) is 11.1. The molecular formula is C25H19ClN2O3S2.